The molecule has 8 heteroatoms. The van der Waals surface area contributed by atoms with Crippen LogP contribution in [-0.2, 0) is 6.54 Å². The van der Waals surface area contributed by atoms with Crippen LogP contribution in [-0.4, -0.2) is 35.3 Å². The lowest BCUT2D eigenvalue weighted by Gasteiger charge is -2.08. The number of fused-ring (bicyclic) bond motifs is 2. The molecule has 0 unspecified atom stereocenters. The van der Waals surface area contributed by atoms with Gasteiger partial charge < -0.3 is 0 Å². The van der Waals surface area contributed by atoms with Gasteiger partial charge in [-0.1, -0.05) is 36.4 Å². The molecule has 4 heterocycles. The number of benzene rings is 1. The zero-order valence-corrected chi connectivity index (χ0v) is 15.6. The number of amides is 1. The van der Waals surface area contributed by atoms with Crippen molar-refractivity contribution in [3.8, 4) is 11.3 Å². The first kappa shape index (κ1) is 17.1. The van der Waals surface area contributed by atoms with Crippen LogP contribution in [0.3, 0.4) is 0 Å². The summed E-state index contributed by atoms with van der Waals surface area (Å²) in [6, 6.07) is 17.1. The second-order valence-corrected chi connectivity index (χ2v) is 6.53. The van der Waals surface area contributed by atoms with Crippen LogP contribution < -0.4 is 5.32 Å². The number of carbonyl (C=O) groups is 1. The van der Waals surface area contributed by atoms with E-state index in [1.165, 1.54) is 0 Å². The Hall–Kier alpha value is -4.07. The minimum absolute atomic E-state index is 0.289. The second-order valence-electron chi connectivity index (χ2n) is 6.53. The molecule has 0 bridgehead atoms. The van der Waals surface area contributed by atoms with E-state index in [1.54, 1.807) is 27.5 Å². The number of anilines is 1. The molecular formula is C21H17N7O. The molecule has 1 N–H and O–H groups in total. The molecule has 1 amide bonds. The minimum Gasteiger partial charge on any atom is -0.290 e. The van der Waals surface area contributed by atoms with Crippen molar-refractivity contribution in [2.45, 2.75) is 13.5 Å². The highest BCUT2D eigenvalue weighted by molar-refractivity contribution is 6.12. The Bertz CT molecular complexity index is 1340. The van der Waals surface area contributed by atoms with E-state index in [4.69, 9.17) is 4.98 Å². The van der Waals surface area contributed by atoms with Crippen molar-refractivity contribution in [2.75, 3.05) is 5.32 Å². The zero-order chi connectivity index (χ0) is 19.8. The van der Waals surface area contributed by atoms with Crippen LogP contribution in [0.5, 0.6) is 0 Å². The predicted octanol–water partition coefficient (Wildman–Crippen LogP) is 3.41. The van der Waals surface area contributed by atoms with Crippen LogP contribution in [0.15, 0.2) is 67.0 Å². The van der Waals surface area contributed by atoms with Gasteiger partial charge in [0, 0.05) is 18.3 Å². The van der Waals surface area contributed by atoms with Crippen molar-refractivity contribution in [3.05, 3.63) is 72.6 Å². The molecule has 5 aromatic rings. The van der Waals surface area contributed by atoms with E-state index in [-0.39, 0.29) is 5.91 Å². The zero-order valence-electron chi connectivity index (χ0n) is 15.6. The first-order valence-corrected chi connectivity index (χ1v) is 9.27. The van der Waals surface area contributed by atoms with Crippen molar-refractivity contribution in [1.29, 1.82) is 0 Å². The maximum atomic E-state index is 13.2. The molecule has 29 heavy (non-hydrogen) atoms. The number of pyridine rings is 2. The number of hydrogen-bond donors (Lipinski definition) is 1. The van der Waals surface area contributed by atoms with Gasteiger partial charge in [-0.25, -0.2) is 9.67 Å². The van der Waals surface area contributed by atoms with Crippen LogP contribution in [0.25, 0.3) is 27.9 Å². The first-order valence-electron chi connectivity index (χ1n) is 9.27. The SMILES string of the molecule is CCn1ncc2c(C(=O)Nc3nnc4ccccn34)cc(-c3ccccc3)nc21. The lowest BCUT2D eigenvalue weighted by molar-refractivity contribution is 0.102. The van der Waals surface area contributed by atoms with Crippen LogP contribution in [0, 0.1) is 0 Å². The maximum absolute atomic E-state index is 13.2. The van der Waals surface area contributed by atoms with Gasteiger partial charge in [-0.05, 0) is 25.1 Å². The van der Waals surface area contributed by atoms with Crippen molar-refractivity contribution in [3.63, 3.8) is 0 Å². The summed E-state index contributed by atoms with van der Waals surface area (Å²) in [7, 11) is 0. The van der Waals surface area contributed by atoms with Crippen LogP contribution in [0.1, 0.15) is 17.3 Å². The Kier molecular flexibility index (Phi) is 4.02. The van der Waals surface area contributed by atoms with Crippen LogP contribution in [0.4, 0.5) is 5.95 Å². The van der Waals surface area contributed by atoms with E-state index in [0.29, 0.717) is 40.4 Å². The van der Waals surface area contributed by atoms with E-state index in [0.717, 1.165) is 5.56 Å². The normalized spacial score (nSPS) is 11.2. The number of nitrogens with zero attached hydrogens (tertiary/aromatic N) is 6. The fourth-order valence-electron chi connectivity index (χ4n) is 3.32. The van der Waals surface area contributed by atoms with Gasteiger partial charge in [0.2, 0.25) is 5.95 Å². The molecule has 142 valence electrons. The highest BCUT2D eigenvalue weighted by Gasteiger charge is 2.19. The van der Waals surface area contributed by atoms with Gasteiger partial charge >= 0.3 is 0 Å². The Labute approximate surface area is 165 Å². The molecule has 0 radical (unpaired) electrons. The highest BCUT2D eigenvalue weighted by atomic mass is 16.1. The number of hydrogen-bond acceptors (Lipinski definition) is 5. The standard InChI is InChI=1S/C21H17N7O/c1-2-28-19-16(13-22-28)15(12-17(23-19)14-8-4-3-5-9-14)20(29)24-21-26-25-18-10-6-7-11-27(18)21/h3-13H,2H2,1H3,(H,24,26,29). The summed E-state index contributed by atoms with van der Waals surface area (Å²) in [5.74, 6) is 0.0723. The molecule has 0 aliphatic rings. The van der Waals surface area contributed by atoms with Gasteiger partial charge in [0.25, 0.3) is 5.91 Å². The van der Waals surface area contributed by atoms with E-state index < -0.39 is 0 Å². The van der Waals surface area contributed by atoms with E-state index in [9.17, 15) is 4.79 Å². The Morgan fingerprint density at radius 1 is 1.07 bits per heavy atom. The molecular weight excluding hydrogens is 366 g/mol. The lowest BCUT2D eigenvalue weighted by atomic mass is 10.1. The van der Waals surface area contributed by atoms with E-state index >= 15 is 0 Å². The van der Waals surface area contributed by atoms with Gasteiger partial charge in [-0.3, -0.25) is 14.5 Å². The topological polar surface area (TPSA) is 90.0 Å². The minimum atomic E-state index is -0.289. The largest absolute Gasteiger partial charge is 0.290 e. The number of nitrogens with one attached hydrogen (secondary N) is 1. The smallest absolute Gasteiger partial charge is 0.258 e. The van der Waals surface area contributed by atoms with Gasteiger partial charge in [0.15, 0.2) is 11.3 Å². The van der Waals surface area contributed by atoms with Crippen LogP contribution in [0.2, 0.25) is 0 Å². The van der Waals surface area contributed by atoms with Crippen molar-refractivity contribution >= 4 is 28.5 Å². The average molecular weight is 383 g/mol. The third-order valence-electron chi connectivity index (χ3n) is 4.76. The molecule has 0 atom stereocenters. The molecule has 0 spiro atoms. The molecule has 8 nitrogen and oxygen atoms in total. The Morgan fingerprint density at radius 2 is 1.90 bits per heavy atom. The van der Waals surface area contributed by atoms with Crippen molar-refractivity contribution in [1.82, 2.24) is 29.4 Å². The van der Waals surface area contributed by atoms with Crippen molar-refractivity contribution < 1.29 is 4.79 Å². The number of carbonyl (C=O) groups excluding carboxylic acids is 1. The van der Waals surface area contributed by atoms with E-state index in [1.807, 2.05) is 55.5 Å². The fourth-order valence-corrected chi connectivity index (χ4v) is 3.32. The number of aromatic nitrogens is 6. The second kappa shape index (κ2) is 6.83. The quantitative estimate of drug-likeness (QED) is 0.514. The highest BCUT2D eigenvalue weighted by Crippen LogP contribution is 2.25. The third kappa shape index (κ3) is 2.91. The summed E-state index contributed by atoms with van der Waals surface area (Å²) < 4.78 is 3.51. The molecule has 0 fully saturated rings. The van der Waals surface area contributed by atoms with Crippen LogP contribution >= 0.6 is 0 Å². The van der Waals surface area contributed by atoms with E-state index in [2.05, 4.69) is 20.6 Å². The monoisotopic (exact) mass is 383 g/mol. The summed E-state index contributed by atoms with van der Waals surface area (Å²) in [6.07, 6.45) is 3.48. The lowest BCUT2D eigenvalue weighted by Crippen LogP contribution is -2.15. The fraction of sp³-hybridized carbons (Fsp3) is 0.0952. The number of aryl methyl sites for hydroxylation is 1. The number of rotatable bonds is 4. The predicted molar refractivity (Wildman–Crippen MR) is 110 cm³/mol. The Morgan fingerprint density at radius 3 is 2.72 bits per heavy atom. The Balaban J connectivity index is 1.63. The molecule has 0 saturated heterocycles. The third-order valence-corrected chi connectivity index (χ3v) is 4.76. The summed E-state index contributed by atoms with van der Waals surface area (Å²) >= 11 is 0. The van der Waals surface area contributed by atoms with Gasteiger partial charge in [-0.15, -0.1) is 10.2 Å². The van der Waals surface area contributed by atoms with Gasteiger partial charge in [0.1, 0.15) is 0 Å². The summed E-state index contributed by atoms with van der Waals surface area (Å²) in [6.45, 7) is 2.65. The molecule has 0 aliphatic carbocycles. The molecule has 0 aliphatic heterocycles. The first-order chi connectivity index (χ1) is 14.2. The average Bonchev–Trinajstić information content (AvgIpc) is 3.37. The van der Waals surface area contributed by atoms with Crippen molar-refractivity contribution in [2.24, 2.45) is 0 Å². The summed E-state index contributed by atoms with van der Waals surface area (Å²) in [4.78, 5) is 17.9. The molecule has 5 rings (SSSR count). The van der Waals surface area contributed by atoms with Gasteiger partial charge in [-0.2, -0.15) is 5.10 Å². The van der Waals surface area contributed by atoms with Gasteiger partial charge in [0.05, 0.1) is 22.8 Å². The molecule has 1 aromatic carbocycles. The summed E-state index contributed by atoms with van der Waals surface area (Å²) in [5, 5.41) is 16.1. The molecule has 4 aromatic heterocycles. The summed E-state index contributed by atoms with van der Waals surface area (Å²) in [5.41, 5.74) is 3.46. The maximum Gasteiger partial charge on any atom is 0.258 e. The molecule has 0 saturated carbocycles.